The average molecular weight is 167 g/mol. The molecule has 1 N–H and O–H groups in total. The summed E-state index contributed by atoms with van der Waals surface area (Å²) in [6.45, 7) is 3.86. The minimum Gasteiger partial charge on any atom is -0.481 e. The first-order valence-corrected chi connectivity index (χ1v) is 4.05. The number of hydrogen-bond donors (Lipinski definition) is 1. The number of likely N-dealkylation sites (N-methyl/N-ethyl adjacent to an activating group) is 1. The maximum Gasteiger partial charge on any atom is 0.307 e. The van der Waals surface area contributed by atoms with Crippen LogP contribution in [0.3, 0.4) is 0 Å². The number of aliphatic carboxylic acids is 1. The Hall–Kier alpha value is -1.25. The van der Waals surface area contributed by atoms with Crippen molar-refractivity contribution < 1.29 is 9.90 Å². The quantitative estimate of drug-likeness (QED) is 0.687. The van der Waals surface area contributed by atoms with Crippen LogP contribution in [0.2, 0.25) is 0 Å². The number of nitrogens with zero attached hydrogens (tertiary/aromatic N) is 1. The van der Waals surface area contributed by atoms with E-state index in [1.165, 1.54) is 0 Å². The Balaban J connectivity index is 2.46. The SMILES string of the molecule is CCN1C=CC(CC(=O)O)=CC1. The third-order valence-corrected chi connectivity index (χ3v) is 1.85. The molecule has 0 amide bonds. The molecule has 1 aliphatic heterocycles. The van der Waals surface area contributed by atoms with Gasteiger partial charge in [0.05, 0.1) is 6.42 Å². The summed E-state index contributed by atoms with van der Waals surface area (Å²) in [6, 6.07) is 0. The first-order chi connectivity index (χ1) is 5.72. The maximum atomic E-state index is 10.3. The van der Waals surface area contributed by atoms with E-state index in [0.717, 1.165) is 18.7 Å². The van der Waals surface area contributed by atoms with E-state index < -0.39 is 5.97 Å². The molecular weight excluding hydrogens is 154 g/mol. The van der Waals surface area contributed by atoms with Crippen LogP contribution in [0.1, 0.15) is 13.3 Å². The topological polar surface area (TPSA) is 40.5 Å². The zero-order chi connectivity index (χ0) is 8.97. The fourth-order valence-electron chi connectivity index (χ4n) is 1.10. The second-order valence-corrected chi connectivity index (χ2v) is 2.75. The van der Waals surface area contributed by atoms with Gasteiger partial charge in [-0.3, -0.25) is 4.79 Å². The van der Waals surface area contributed by atoms with Crippen molar-refractivity contribution in [1.29, 1.82) is 0 Å². The van der Waals surface area contributed by atoms with Crippen LogP contribution in [0.4, 0.5) is 0 Å². The van der Waals surface area contributed by atoms with Gasteiger partial charge < -0.3 is 10.0 Å². The van der Waals surface area contributed by atoms with Gasteiger partial charge in [0, 0.05) is 13.1 Å². The smallest absolute Gasteiger partial charge is 0.307 e. The van der Waals surface area contributed by atoms with Crippen molar-refractivity contribution >= 4 is 5.97 Å². The Kier molecular flexibility index (Phi) is 2.91. The van der Waals surface area contributed by atoms with Crippen LogP contribution in [0, 0.1) is 0 Å². The highest BCUT2D eigenvalue weighted by molar-refractivity contribution is 5.71. The predicted molar refractivity (Wildman–Crippen MR) is 46.7 cm³/mol. The van der Waals surface area contributed by atoms with Crippen LogP contribution in [0.5, 0.6) is 0 Å². The van der Waals surface area contributed by atoms with Crippen molar-refractivity contribution in [1.82, 2.24) is 4.90 Å². The molecule has 0 atom stereocenters. The van der Waals surface area contributed by atoms with Gasteiger partial charge in [0.2, 0.25) is 0 Å². The monoisotopic (exact) mass is 167 g/mol. The summed E-state index contributed by atoms with van der Waals surface area (Å²) in [7, 11) is 0. The van der Waals surface area contributed by atoms with E-state index in [1.807, 2.05) is 18.4 Å². The summed E-state index contributed by atoms with van der Waals surface area (Å²) >= 11 is 0. The largest absolute Gasteiger partial charge is 0.481 e. The highest BCUT2D eigenvalue weighted by Gasteiger charge is 2.05. The molecule has 0 spiro atoms. The molecule has 0 aromatic carbocycles. The first-order valence-electron chi connectivity index (χ1n) is 4.05. The molecule has 0 aromatic rings. The fraction of sp³-hybridized carbons (Fsp3) is 0.444. The van der Waals surface area contributed by atoms with Crippen molar-refractivity contribution in [2.45, 2.75) is 13.3 Å². The van der Waals surface area contributed by atoms with Gasteiger partial charge in [-0.25, -0.2) is 0 Å². The van der Waals surface area contributed by atoms with E-state index >= 15 is 0 Å². The highest BCUT2D eigenvalue weighted by atomic mass is 16.4. The van der Waals surface area contributed by atoms with E-state index in [1.54, 1.807) is 0 Å². The molecule has 0 saturated carbocycles. The predicted octanol–water partition coefficient (Wildman–Crippen LogP) is 1.24. The lowest BCUT2D eigenvalue weighted by molar-refractivity contribution is -0.136. The van der Waals surface area contributed by atoms with E-state index in [-0.39, 0.29) is 6.42 Å². The Bertz CT molecular complexity index is 231. The fourth-order valence-corrected chi connectivity index (χ4v) is 1.10. The van der Waals surface area contributed by atoms with E-state index in [9.17, 15) is 4.79 Å². The minimum atomic E-state index is -0.768. The van der Waals surface area contributed by atoms with Crippen LogP contribution in [0.15, 0.2) is 23.9 Å². The molecule has 12 heavy (non-hydrogen) atoms. The van der Waals surface area contributed by atoms with Crippen LogP contribution < -0.4 is 0 Å². The van der Waals surface area contributed by atoms with Crippen molar-refractivity contribution in [3.05, 3.63) is 23.9 Å². The van der Waals surface area contributed by atoms with Gasteiger partial charge in [-0.1, -0.05) is 6.08 Å². The lowest BCUT2D eigenvalue weighted by Crippen LogP contribution is -2.19. The number of carbonyl (C=O) groups is 1. The molecule has 0 fully saturated rings. The summed E-state index contributed by atoms with van der Waals surface area (Å²) in [5, 5.41) is 8.50. The molecule has 0 aliphatic carbocycles. The van der Waals surface area contributed by atoms with Gasteiger partial charge in [-0.05, 0) is 24.8 Å². The van der Waals surface area contributed by atoms with E-state index in [2.05, 4.69) is 11.8 Å². The van der Waals surface area contributed by atoms with Gasteiger partial charge in [0.25, 0.3) is 0 Å². The minimum absolute atomic E-state index is 0.133. The number of carboxylic acids is 1. The summed E-state index contributed by atoms with van der Waals surface area (Å²) in [5.74, 6) is -0.768. The van der Waals surface area contributed by atoms with Crippen LogP contribution in [-0.2, 0) is 4.79 Å². The Labute approximate surface area is 72.0 Å². The molecule has 0 aromatic heterocycles. The molecule has 1 aliphatic rings. The highest BCUT2D eigenvalue weighted by Crippen LogP contribution is 2.09. The van der Waals surface area contributed by atoms with E-state index in [0.29, 0.717) is 0 Å². The van der Waals surface area contributed by atoms with Crippen molar-refractivity contribution in [2.24, 2.45) is 0 Å². The molecule has 1 rings (SSSR count). The third-order valence-electron chi connectivity index (χ3n) is 1.85. The van der Waals surface area contributed by atoms with Gasteiger partial charge in [0.15, 0.2) is 0 Å². The van der Waals surface area contributed by atoms with Crippen molar-refractivity contribution in [3.8, 4) is 0 Å². The zero-order valence-electron chi connectivity index (χ0n) is 7.16. The number of carboxylic acid groups (broad SMARTS) is 1. The molecule has 0 bridgehead atoms. The maximum absolute atomic E-state index is 10.3. The molecular formula is C9H13NO2. The molecule has 0 unspecified atom stereocenters. The molecule has 0 radical (unpaired) electrons. The average Bonchev–Trinajstić information content (AvgIpc) is 2.05. The lowest BCUT2D eigenvalue weighted by atomic mass is 10.1. The van der Waals surface area contributed by atoms with E-state index in [4.69, 9.17) is 5.11 Å². The Morgan fingerprint density at radius 3 is 2.92 bits per heavy atom. The molecule has 66 valence electrons. The standard InChI is InChI=1S/C9H13NO2/c1-2-10-5-3-8(4-6-10)7-9(11)12/h3-5H,2,6-7H2,1H3,(H,11,12). The second kappa shape index (κ2) is 3.95. The summed E-state index contributed by atoms with van der Waals surface area (Å²) in [5.41, 5.74) is 0.896. The van der Waals surface area contributed by atoms with Gasteiger partial charge in [-0.2, -0.15) is 0 Å². The lowest BCUT2D eigenvalue weighted by Gasteiger charge is -2.19. The van der Waals surface area contributed by atoms with Crippen molar-refractivity contribution in [2.75, 3.05) is 13.1 Å². The summed E-state index contributed by atoms with van der Waals surface area (Å²) in [6.07, 6.45) is 5.89. The van der Waals surface area contributed by atoms with Gasteiger partial charge in [-0.15, -0.1) is 0 Å². The Morgan fingerprint density at radius 1 is 1.75 bits per heavy atom. The number of hydrogen-bond acceptors (Lipinski definition) is 2. The zero-order valence-corrected chi connectivity index (χ0v) is 7.16. The van der Waals surface area contributed by atoms with Crippen LogP contribution in [0.25, 0.3) is 0 Å². The normalized spacial score (nSPS) is 16.1. The second-order valence-electron chi connectivity index (χ2n) is 2.75. The van der Waals surface area contributed by atoms with Crippen LogP contribution >= 0.6 is 0 Å². The Morgan fingerprint density at radius 2 is 2.50 bits per heavy atom. The molecule has 3 nitrogen and oxygen atoms in total. The third kappa shape index (κ3) is 2.42. The van der Waals surface area contributed by atoms with Gasteiger partial charge >= 0.3 is 5.97 Å². The van der Waals surface area contributed by atoms with Crippen LogP contribution in [-0.4, -0.2) is 29.1 Å². The van der Waals surface area contributed by atoms with Gasteiger partial charge in [0.1, 0.15) is 0 Å². The number of allylic oxidation sites excluding steroid dienone is 1. The molecule has 0 saturated heterocycles. The first kappa shape index (κ1) is 8.84. The number of rotatable bonds is 3. The summed E-state index contributed by atoms with van der Waals surface area (Å²) in [4.78, 5) is 12.4. The van der Waals surface area contributed by atoms with Crippen molar-refractivity contribution in [3.63, 3.8) is 0 Å². The summed E-state index contributed by atoms with van der Waals surface area (Å²) < 4.78 is 0. The molecule has 3 heteroatoms. The molecule has 1 heterocycles.